The molecule has 12 nitrogen and oxygen atoms in total. The molecule has 1 aliphatic heterocycles. The smallest absolute Gasteiger partial charge is 0.309 e. The van der Waals surface area contributed by atoms with Crippen molar-refractivity contribution in [2.24, 2.45) is 0 Å². The predicted octanol–water partition coefficient (Wildman–Crippen LogP) is 2.34. The molecule has 1 saturated heterocycles. The maximum Gasteiger partial charge on any atom is 0.309 e. The third-order valence-electron chi connectivity index (χ3n) is 6.58. The van der Waals surface area contributed by atoms with Crippen LogP contribution in [0.1, 0.15) is 0 Å². The number of hydrogen-bond donors (Lipinski definition) is 2. The monoisotopic (exact) mass is 557 g/mol. The van der Waals surface area contributed by atoms with Gasteiger partial charge in [0.05, 0.1) is 21.7 Å². The number of rotatable bonds is 6. The van der Waals surface area contributed by atoms with Crippen molar-refractivity contribution in [2.45, 2.75) is 11.4 Å². The Hall–Kier alpha value is -3.82. The number of halogens is 1. The molecule has 198 valence electrons. The van der Waals surface area contributed by atoms with Crippen LogP contribution >= 0.6 is 11.3 Å². The van der Waals surface area contributed by atoms with Crippen molar-refractivity contribution < 1.29 is 13.0 Å². The summed E-state index contributed by atoms with van der Waals surface area (Å²) in [7, 11) is -2.97. The second-order valence-electron chi connectivity index (χ2n) is 9.08. The Kier molecular flexibility index (Phi) is 5.92. The summed E-state index contributed by atoms with van der Waals surface area (Å²) in [6.45, 7) is 3.57. The Bertz CT molecular complexity index is 1820. The van der Waals surface area contributed by atoms with Crippen molar-refractivity contribution in [3.05, 3.63) is 52.1 Å². The van der Waals surface area contributed by atoms with E-state index in [2.05, 4.69) is 20.0 Å². The van der Waals surface area contributed by atoms with Crippen LogP contribution in [0.3, 0.4) is 0 Å². The van der Waals surface area contributed by atoms with Crippen molar-refractivity contribution in [2.75, 3.05) is 49.6 Å². The first-order chi connectivity index (χ1) is 18.2. The van der Waals surface area contributed by atoms with Crippen LogP contribution in [-0.4, -0.2) is 72.2 Å². The quantitative estimate of drug-likeness (QED) is 0.320. The molecule has 1 unspecified atom stereocenters. The molecule has 0 radical (unpaired) electrons. The highest BCUT2D eigenvalue weighted by Gasteiger charge is 2.23. The van der Waals surface area contributed by atoms with Gasteiger partial charge in [-0.25, -0.2) is 18.4 Å². The van der Waals surface area contributed by atoms with Crippen molar-refractivity contribution in [1.29, 1.82) is 4.78 Å². The lowest BCUT2D eigenvalue weighted by atomic mass is 10.2. The topological polar surface area (TPSA) is 152 Å². The lowest BCUT2D eigenvalue weighted by Crippen LogP contribution is -2.47. The number of nitrogens with one attached hydrogen (secondary N) is 1. The summed E-state index contributed by atoms with van der Waals surface area (Å²) < 4.78 is 43.2. The molecule has 0 saturated carbocycles. The average molecular weight is 558 g/mol. The van der Waals surface area contributed by atoms with E-state index in [1.54, 1.807) is 28.8 Å². The maximum absolute atomic E-state index is 14.7. The van der Waals surface area contributed by atoms with Crippen LogP contribution in [0.4, 0.5) is 16.0 Å². The van der Waals surface area contributed by atoms with E-state index < -0.39 is 15.5 Å². The second kappa shape index (κ2) is 9.18. The molecule has 0 aliphatic carbocycles. The van der Waals surface area contributed by atoms with E-state index in [0.717, 1.165) is 11.3 Å². The fraction of sp³-hybridized carbons (Fsp3) is 0.304. The Morgan fingerprint density at radius 2 is 1.95 bits per heavy atom. The Morgan fingerprint density at radius 1 is 1.16 bits per heavy atom. The van der Waals surface area contributed by atoms with E-state index in [1.807, 2.05) is 4.90 Å². The first-order valence-electron chi connectivity index (χ1n) is 11.8. The van der Waals surface area contributed by atoms with Gasteiger partial charge >= 0.3 is 4.87 Å². The third-order valence-corrected chi connectivity index (χ3v) is 8.70. The van der Waals surface area contributed by atoms with Gasteiger partial charge in [-0.15, -0.1) is 5.10 Å². The number of fused-ring (bicyclic) bond motifs is 3. The zero-order valence-electron chi connectivity index (χ0n) is 20.3. The van der Waals surface area contributed by atoms with Crippen LogP contribution in [0.2, 0.25) is 0 Å². The van der Waals surface area contributed by atoms with E-state index in [9.17, 15) is 13.4 Å². The predicted molar refractivity (Wildman–Crippen MR) is 143 cm³/mol. The van der Waals surface area contributed by atoms with Crippen LogP contribution in [-0.2, 0) is 16.3 Å². The minimum Gasteiger partial charge on any atom is -0.461 e. The Balaban J connectivity index is 1.17. The molecule has 15 heteroatoms. The normalized spacial score (nSPS) is 16.4. The van der Waals surface area contributed by atoms with Crippen LogP contribution in [0.5, 0.6) is 0 Å². The molecule has 6 rings (SSSR count). The van der Waals surface area contributed by atoms with E-state index in [1.165, 1.54) is 23.1 Å². The fourth-order valence-electron chi connectivity index (χ4n) is 4.58. The summed E-state index contributed by atoms with van der Waals surface area (Å²) in [4.78, 5) is 26.0. The number of aromatic nitrogens is 5. The third kappa shape index (κ3) is 4.31. The van der Waals surface area contributed by atoms with E-state index in [4.69, 9.17) is 14.9 Å². The van der Waals surface area contributed by atoms with Gasteiger partial charge in [0.25, 0.3) is 0 Å². The number of piperazine rings is 1. The molecule has 0 bridgehead atoms. The highest BCUT2D eigenvalue weighted by molar-refractivity contribution is 7.91. The van der Waals surface area contributed by atoms with Gasteiger partial charge in [0.15, 0.2) is 17.1 Å². The largest absolute Gasteiger partial charge is 0.461 e. The zero-order valence-corrected chi connectivity index (χ0v) is 22.0. The van der Waals surface area contributed by atoms with Crippen LogP contribution < -0.4 is 15.5 Å². The van der Waals surface area contributed by atoms with Crippen molar-refractivity contribution in [3.63, 3.8) is 0 Å². The van der Waals surface area contributed by atoms with Gasteiger partial charge in [0.1, 0.15) is 10.5 Å². The van der Waals surface area contributed by atoms with Gasteiger partial charge in [0.2, 0.25) is 11.8 Å². The van der Waals surface area contributed by atoms with Gasteiger partial charge in [-0.2, -0.15) is 9.50 Å². The SMILES string of the molecule is CS(=N)(=O)c1ccc(N2CCN(CCn3c(=O)sc4c3nc(N)n3nc(-c5ccco5)nc43)CC2)c(F)c1. The summed E-state index contributed by atoms with van der Waals surface area (Å²) in [6.07, 6.45) is 2.81. The lowest BCUT2D eigenvalue weighted by molar-refractivity contribution is 0.248. The first kappa shape index (κ1) is 24.5. The number of benzene rings is 1. The van der Waals surface area contributed by atoms with Crippen LogP contribution in [0, 0.1) is 10.6 Å². The number of nitrogen functional groups attached to an aromatic ring is 1. The van der Waals surface area contributed by atoms with Gasteiger partial charge in [-0.3, -0.25) is 14.3 Å². The van der Waals surface area contributed by atoms with Crippen molar-refractivity contribution in [1.82, 2.24) is 29.0 Å². The molecule has 0 spiro atoms. The summed E-state index contributed by atoms with van der Waals surface area (Å²) in [5.74, 6) is 0.489. The van der Waals surface area contributed by atoms with Crippen molar-refractivity contribution >= 4 is 48.7 Å². The molecule has 5 aromatic rings. The summed E-state index contributed by atoms with van der Waals surface area (Å²) in [5.41, 5.74) is 7.50. The Labute approximate surface area is 220 Å². The van der Waals surface area contributed by atoms with Gasteiger partial charge in [-0.05, 0) is 30.3 Å². The zero-order chi connectivity index (χ0) is 26.6. The van der Waals surface area contributed by atoms with E-state index >= 15 is 0 Å². The van der Waals surface area contributed by atoms with Crippen molar-refractivity contribution in [3.8, 4) is 11.6 Å². The molecule has 3 N–H and O–H groups in total. The summed E-state index contributed by atoms with van der Waals surface area (Å²) in [6, 6.07) is 7.81. The van der Waals surface area contributed by atoms with Crippen LogP contribution in [0.15, 0.2) is 50.7 Å². The van der Waals surface area contributed by atoms with Gasteiger partial charge in [0, 0.05) is 50.4 Å². The molecule has 1 fully saturated rings. The maximum atomic E-state index is 14.7. The number of hydrogen-bond acceptors (Lipinski definition) is 11. The highest BCUT2D eigenvalue weighted by Crippen LogP contribution is 2.26. The van der Waals surface area contributed by atoms with E-state index in [-0.39, 0.29) is 15.7 Å². The molecular weight excluding hydrogens is 533 g/mol. The minimum atomic E-state index is -2.97. The molecule has 1 atom stereocenters. The van der Waals surface area contributed by atoms with E-state index in [0.29, 0.717) is 72.5 Å². The van der Waals surface area contributed by atoms with Gasteiger partial charge in [-0.1, -0.05) is 11.3 Å². The molecule has 38 heavy (non-hydrogen) atoms. The standard InChI is InChI=1S/C23H24FN9O3S2/c1-38(26,35)14-4-5-16(15(24)13-14)31-9-6-30(7-10-31)8-11-32-20-18(37-23(32)34)21-27-19(17-3-2-12-36-17)29-33(21)22(25)28-20/h2-5,12-13,26H,6-11H2,1H3,(H2,25,28). The van der Waals surface area contributed by atoms with Gasteiger partial charge < -0.3 is 15.1 Å². The number of anilines is 2. The molecular formula is C23H24FN9O3S2. The average Bonchev–Trinajstić information content (AvgIpc) is 3.62. The Morgan fingerprint density at radius 3 is 2.63 bits per heavy atom. The lowest BCUT2D eigenvalue weighted by Gasteiger charge is -2.36. The second-order valence-corrected chi connectivity index (χ2v) is 12.2. The molecule has 4 aromatic heterocycles. The molecule has 1 aliphatic rings. The fourth-order valence-corrected chi connectivity index (χ4v) is 6.17. The summed E-state index contributed by atoms with van der Waals surface area (Å²) in [5, 5.41) is 4.37. The number of furan rings is 1. The number of thiazole rings is 1. The summed E-state index contributed by atoms with van der Waals surface area (Å²) >= 11 is 1.05. The number of nitrogens with two attached hydrogens (primary N) is 1. The molecule has 5 heterocycles. The minimum absolute atomic E-state index is 0.121. The molecule has 1 aromatic carbocycles. The first-order valence-corrected chi connectivity index (χ1v) is 14.6. The highest BCUT2D eigenvalue weighted by atomic mass is 32.2. The number of nitrogens with zero attached hydrogens (tertiary/aromatic N) is 7. The van der Waals surface area contributed by atoms with Crippen LogP contribution in [0.25, 0.3) is 27.6 Å². The molecule has 0 amide bonds.